The summed E-state index contributed by atoms with van der Waals surface area (Å²) in [5.41, 5.74) is 3.43. The van der Waals surface area contributed by atoms with Gasteiger partial charge >= 0.3 is 0 Å². The Morgan fingerprint density at radius 3 is 2.79 bits per heavy atom. The number of pyridine rings is 1. The van der Waals surface area contributed by atoms with E-state index in [-0.39, 0.29) is 41.5 Å². The number of allylic oxidation sites excluding steroid dienone is 1. The molecule has 1 saturated carbocycles. The molecule has 10 nitrogen and oxygen atoms in total. The molecule has 4 unspecified atom stereocenters. The van der Waals surface area contributed by atoms with Gasteiger partial charge in [0.25, 0.3) is 0 Å². The normalized spacial score (nSPS) is 24.4. The van der Waals surface area contributed by atoms with Crippen LogP contribution in [0.15, 0.2) is 36.5 Å². The molecule has 38 heavy (non-hydrogen) atoms. The van der Waals surface area contributed by atoms with Crippen LogP contribution in [0.2, 0.25) is 0 Å². The van der Waals surface area contributed by atoms with E-state index in [2.05, 4.69) is 43.7 Å². The number of aromatic nitrogens is 3. The van der Waals surface area contributed by atoms with Crippen molar-refractivity contribution in [3.8, 4) is 22.9 Å². The number of ether oxygens (including phenoxy) is 2. The minimum absolute atomic E-state index is 0.0112. The third-order valence-corrected chi connectivity index (χ3v) is 7.82. The van der Waals surface area contributed by atoms with E-state index >= 15 is 0 Å². The lowest BCUT2D eigenvalue weighted by molar-refractivity contribution is -0.126. The highest BCUT2D eigenvalue weighted by Crippen LogP contribution is 2.46. The maximum absolute atomic E-state index is 13.1. The fraction of sp³-hybridized carbons (Fsp3) is 0.464. The van der Waals surface area contributed by atoms with E-state index in [0.717, 1.165) is 30.8 Å². The number of rotatable bonds is 7. The van der Waals surface area contributed by atoms with Gasteiger partial charge in [-0.1, -0.05) is 12.2 Å². The number of fused-ring (bicyclic) bond motifs is 3. The summed E-state index contributed by atoms with van der Waals surface area (Å²) in [6, 6.07) is 5.97. The molecule has 3 heterocycles. The second-order valence-corrected chi connectivity index (χ2v) is 10.6. The van der Waals surface area contributed by atoms with Gasteiger partial charge in [-0.05, 0) is 44.2 Å². The number of nitrogens with zero attached hydrogens (tertiary/aromatic N) is 3. The van der Waals surface area contributed by atoms with E-state index in [1.807, 2.05) is 26.0 Å². The van der Waals surface area contributed by atoms with Crippen LogP contribution in [0.4, 0.5) is 11.4 Å². The van der Waals surface area contributed by atoms with Crippen molar-refractivity contribution in [3.05, 3.63) is 36.5 Å². The Labute approximate surface area is 221 Å². The van der Waals surface area contributed by atoms with Gasteiger partial charge in [0, 0.05) is 36.9 Å². The Morgan fingerprint density at radius 2 is 2.03 bits per heavy atom. The predicted octanol–water partition coefficient (Wildman–Crippen LogP) is 3.30. The molecule has 200 valence electrons. The van der Waals surface area contributed by atoms with Gasteiger partial charge in [0.2, 0.25) is 5.91 Å². The first kappa shape index (κ1) is 24.5. The number of benzene rings is 1. The third kappa shape index (κ3) is 4.32. The zero-order valence-electron chi connectivity index (χ0n) is 21.9. The van der Waals surface area contributed by atoms with E-state index in [4.69, 9.17) is 14.5 Å². The lowest BCUT2D eigenvalue weighted by Gasteiger charge is -2.29. The molecule has 0 radical (unpaired) electrons. The van der Waals surface area contributed by atoms with E-state index < -0.39 is 0 Å². The number of methoxy groups -OCH3 is 1. The second kappa shape index (κ2) is 9.83. The van der Waals surface area contributed by atoms with Crippen LogP contribution in [-0.2, 0) is 9.53 Å². The number of imidazole rings is 1. The van der Waals surface area contributed by atoms with E-state index in [1.54, 1.807) is 7.11 Å². The Balaban J connectivity index is 1.33. The van der Waals surface area contributed by atoms with Gasteiger partial charge in [0.1, 0.15) is 22.8 Å². The van der Waals surface area contributed by atoms with Gasteiger partial charge in [-0.25, -0.2) is 9.97 Å². The molecule has 1 aromatic carbocycles. The lowest BCUT2D eigenvalue weighted by Crippen LogP contribution is -2.45. The maximum Gasteiger partial charge on any atom is 0.225 e. The van der Waals surface area contributed by atoms with Gasteiger partial charge in [0.15, 0.2) is 11.4 Å². The van der Waals surface area contributed by atoms with Crippen molar-refractivity contribution < 1.29 is 19.4 Å². The summed E-state index contributed by atoms with van der Waals surface area (Å²) < 4.78 is 11.2. The van der Waals surface area contributed by atoms with Crippen LogP contribution < -0.4 is 20.3 Å². The van der Waals surface area contributed by atoms with Gasteiger partial charge in [0.05, 0.1) is 38.0 Å². The summed E-state index contributed by atoms with van der Waals surface area (Å²) in [7, 11) is 1.65. The van der Waals surface area contributed by atoms with Crippen molar-refractivity contribution in [2.75, 3.05) is 43.6 Å². The summed E-state index contributed by atoms with van der Waals surface area (Å²) in [6.07, 6.45) is 6.65. The number of morpholine rings is 1. The summed E-state index contributed by atoms with van der Waals surface area (Å²) in [6.45, 7) is 7.01. The van der Waals surface area contributed by atoms with E-state index in [9.17, 15) is 9.90 Å². The van der Waals surface area contributed by atoms with Crippen LogP contribution in [0.1, 0.15) is 20.3 Å². The molecule has 3 aliphatic rings. The monoisotopic (exact) mass is 518 g/mol. The maximum atomic E-state index is 13.1. The first-order chi connectivity index (χ1) is 18.4. The molecular formula is C28H34N6O4. The molecule has 2 bridgehead atoms. The predicted molar refractivity (Wildman–Crippen MR) is 145 cm³/mol. The summed E-state index contributed by atoms with van der Waals surface area (Å²) >= 11 is 0. The van der Waals surface area contributed by atoms with Crippen LogP contribution in [-0.4, -0.2) is 71.5 Å². The van der Waals surface area contributed by atoms with E-state index in [1.165, 1.54) is 6.20 Å². The largest absolute Gasteiger partial charge is 0.504 e. The zero-order chi connectivity index (χ0) is 26.4. The van der Waals surface area contributed by atoms with Crippen LogP contribution in [0.25, 0.3) is 22.6 Å². The van der Waals surface area contributed by atoms with Crippen LogP contribution in [0, 0.1) is 17.8 Å². The second-order valence-electron chi connectivity index (χ2n) is 10.6. The average molecular weight is 519 g/mol. The topological polar surface area (TPSA) is 125 Å². The number of anilines is 2. The molecule has 2 aromatic heterocycles. The molecule has 10 heteroatoms. The molecule has 3 aromatic rings. The summed E-state index contributed by atoms with van der Waals surface area (Å²) in [4.78, 5) is 27.8. The minimum atomic E-state index is -0.217. The molecule has 2 fully saturated rings. The number of carbonyl (C=O) groups is 1. The first-order valence-electron chi connectivity index (χ1n) is 13.3. The van der Waals surface area contributed by atoms with Gasteiger partial charge in [-0.3, -0.25) is 4.79 Å². The van der Waals surface area contributed by atoms with Crippen molar-refractivity contribution in [1.29, 1.82) is 0 Å². The first-order valence-corrected chi connectivity index (χ1v) is 13.3. The lowest BCUT2D eigenvalue weighted by atomic mass is 9.87. The fourth-order valence-electron chi connectivity index (χ4n) is 6.04. The Hall–Kier alpha value is -3.79. The van der Waals surface area contributed by atoms with Crippen molar-refractivity contribution in [2.45, 2.75) is 32.4 Å². The molecule has 1 amide bonds. The highest BCUT2D eigenvalue weighted by molar-refractivity contribution is 5.92. The highest BCUT2D eigenvalue weighted by atomic mass is 16.5. The number of amides is 1. The van der Waals surface area contributed by atoms with Crippen molar-refractivity contribution in [3.63, 3.8) is 0 Å². The van der Waals surface area contributed by atoms with Crippen LogP contribution in [0.5, 0.6) is 11.5 Å². The quantitative estimate of drug-likeness (QED) is 0.351. The number of nitrogens with one attached hydrogen (secondary N) is 3. The molecule has 0 spiro atoms. The standard InChI is InChI=1S/C28H34N6O4/c1-15(2)30-28(36)22-16-4-5-17(12-16)23(22)31-24-20(35)14-29-27-25(24)32-26(33-27)19-7-6-18(13-21(19)37-3)34-8-10-38-11-9-34/h4-7,13-17,22-23,35H,8-12H2,1-3H3,(H,30,36)(H2,29,31,32,33). The van der Waals surface area contributed by atoms with E-state index in [0.29, 0.717) is 41.6 Å². The molecule has 4 atom stereocenters. The fourth-order valence-corrected chi connectivity index (χ4v) is 6.04. The molecule has 6 rings (SSSR count). The Morgan fingerprint density at radius 1 is 1.24 bits per heavy atom. The molecule has 4 N–H and O–H groups in total. The summed E-state index contributed by atoms with van der Waals surface area (Å²) in [5, 5.41) is 17.4. The molecular weight excluding hydrogens is 484 g/mol. The van der Waals surface area contributed by atoms with Gasteiger partial charge in [-0.15, -0.1) is 0 Å². The number of carbonyl (C=O) groups excluding carboxylic acids is 1. The zero-order valence-corrected chi connectivity index (χ0v) is 21.9. The average Bonchev–Trinajstić information content (AvgIpc) is 3.65. The number of aromatic hydroxyl groups is 1. The number of H-pyrrole nitrogens is 1. The highest BCUT2D eigenvalue weighted by Gasteiger charge is 2.48. The Kier molecular flexibility index (Phi) is 6.35. The molecule has 1 aliphatic heterocycles. The number of aromatic amines is 1. The smallest absolute Gasteiger partial charge is 0.225 e. The minimum Gasteiger partial charge on any atom is -0.504 e. The SMILES string of the molecule is COc1cc(N2CCOCC2)ccc1-c1nc2ncc(O)c(NC3C4C=CC(C4)C3C(=O)NC(C)C)c2[nH]1. The third-order valence-electron chi connectivity index (χ3n) is 7.82. The van der Waals surface area contributed by atoms with Crippen molar-refractivity contribution >= 4 is 28.4 Å². The van der Waals surface area contributed by atoms with Crippen LogP contribution in [0.3, 0.4) is 0 Å². The van der Waals surface area contributed by atoms with Gasteiger partial charge in [-0.2, -0.15) is 0 Å². The van der Waals surface area contributed by atoms with Crippen molar-refractivity contribution in [1.82, 2.24) is 20.3 Å². The van der Waals surface area contributed by atoms with Crippen LogP contribution >= 0.6 is 0 Å². The Bertz CT molecular complexity index is 1380. The number of hydrogen-bond donors (Lipinski definition) is 4. The summed E-state index contributed by atoms with van der Waals surface area (Å²) in [5.74, 6) is 1.50. The molecule has 1 saturated heterocycles. The molecule has 2 aliphatic carbocycles. The van der Waals surface area contributed by atoms with Crippen molar-refractivity contribution in [2.24, 2.45) is 17.8 Å². The van der Waals surface area contributed by atoms with Gasteiger partial charge < -0.3 is 35.1 Å². The number of hydrogen-bond acceptors (Lipinski definition) is 8.